The monoisotopic (exact) mass is 404 g/mol. The lowest BCUT2D eigenvalue weighted by Gasteiger charge is -2.21. The highest BCUT2D eigenvalue weighted by Gasteiger charge is 2.30. The van der Waals surface area contributed by atoms with Crippen LogP contribution < -0.4 is 10.0 Å². The van der Waals surface area contributed by atoms with E-state index in [1.54, 1.807) is 29.2 Å². The fraction of sp³-hybridized carbons (Fsp3) is 0.600. The minimum absolute atomic E-state index is 0.0208. The van der Waals surface area contributed by atoms with Crippen LogP contribution in [0.5, 0.6) is 0 Å². The third kappa shape index (κ3) is 5.10. The predicted octanol–water partition coefficient (Wildman–Crippen LogP) is 1.55. The third-order valence-corrected chi connectivity index (χ3v) is 7.14. The van der Waals surface area contributed by atoms with Gasteiger partial charge < -0.3 is 10.2 Å². The lowest BCUT2D eigenvalue weighted by molar-refractivity contribution is -0.130. The minimum Gasteiger partial charge on any atom is -0.326 e. The number of likely N-dealkylation sites (tertiary alicyclic amines) is 1. The quantitative estimate of drug-likeness (QED) is 0.718. The van der Waals surface area contributed by atoms with Gasteiger partial charge in [-0.2, -0.15) is 5.26 Å². The van der Waals surface area contributed by atoms with Crippen molar-refractivity contribution in [2.75, 3.05) is 19.6 Å². The van der Waals surface area contributed by atoms with E-state index in [4.69, 9.17) is 5.26 Å². The van der Waals surface area contributed by atoms with Crippen molar-refractivity contribution in [3.05, 3.63) is 29.8 Å². The van der Waals surface area contributed by atoms with Crippen molar-refractivity contribution < 1.29 is 13.2 Å². The first kappa shape index (κ1) is 20.8. The summed E-state index contributed by atoms with van der Waals surface area (Å²) in [5.74, 6) is 0.235. The maximum Gasteiger partial charge on any atom is 0.240 e. The summed E-state index contributed by atoms with van der Waals surface area (Å²) in [5, 5.41) is 12.4. The fourth-order valence-electron chi connectivity index (χ4n) is 4.01. The van der Waals surface area contributed by atoms with Gasteiger partial charge in [-0.05, 0) is 57.1 Å². The number of carbonyl (C=O) groups is 1. The smallest absolute Gasteiger partial charge is 0.240 e. The van der Waals surface area contributed by atoms with Gasteiger partial charge in [0.05, 0.1) is 17.5 Å². The predicted molar refractivity (Wildman–Crippen MR) is 106 cm³/mol. The first-order chi connectivity index (χ1) is 13.4. The van der Waals surface area contributed by atoms with E-state index < -0.39 is 10.0 Å². The summed E-state index contributed by atoms with van der Waals surface area (Å²) in [7, 11) is -3.49. The molecular weight excluding hydrogens is 376 g/mol. The molecule has 1 saturated carbocycles. The largest absolute Gasteiger partial charge is 0.326 e. The van der Waals surface area contributed by atoms with Gasteiger partial charge in [0.25, 0.3) is 0 Å². The van der Waals surface area contributed by atoms with Gasteiger partial charge >= 0.3 is 0 Å². The maximum absolute atomic E-state index is 12.4. The number of rotatable bonds is 7. The first-order valence-electron chi connectivity index (χ1n) is 9.88. The standard InChI is InChI=1S/C20H28N4O3S/c1-15-4-8-19(9-5-15)28(26,27)23-13-16-6-7-17(11-16)22-14-20(25)24-10-2-3-18(24)12-21/h4-5,8-9,16-18,22-23H,2-3,6-7,10-11,13-14H2,1H3/t16-,17+,18-/m0/s1. The molecule has 7 nitrogen and oxygen atoms in total. The molecule has 2 N–H and O–H groups in total. The molecule has 1 amide bonds. The van der Waals surface area contributed by atoms with E-state index in [-0.39, 0.29) is 35.3 Å². The van der Waals surface area contributed by atoms with E-state index >= 15 is 0 Å². The Balaban J connectivity index is 1.42. The normalized spacial score (nSPS) is 25.0. The summed E-state index contributed by atoms with van der Waals surface area (Å²) < 4.78 is 27.5. The second-order valence-corrected chi connectivity index (χ2v) is 9.56. The number of benzene rings is 1. The third-order valence-electron chi connectivity index (χ3n) is 5.70. The van der Waals surface area contributed by atoms with E-state index in [1.807, 2.05) is 6.92 Å². The molecule has 1 aromatic carbocycles. The zero-order valence-corrected chi connectivity index (χ0v) is 17.0. The van der Waals surface area contributed by atoms with Gasteiger partial charge in [0.1, 0.15) is 6.04 Å². The molecule has 1 aliphatic carbocycles. The minimum atomic E-state index is -3.49. The molecule has 0 radical (unpaired) electrons. The Hall–Kier alpha value is -1.95. The molecule has 0 aromatic heterocycles. The molecule has 0 unspecified atom stereocenters. The molecule has 1 aliphatic heterocycles. The summed E-state index contributed by atoms with van der Waals surface area (Å²) >= 11 is 0. The van der Waals surface area contributed by atoms with Gasteiger partial charge in [-0.3, -0.25) is 4.79 Å². The van der Waals surface area contributed by atoms with Crippen LogP contribution in [0.15, 0.2) is 29.2 Å². The first-order valence-corrected chi connectivity index (χ1v) is 11.4. The van der Waals surface area contributed by atoms with Crippen LogP contribution in [0.3, 0.4) is 0 Å². The molecule has 28 heavy (non-hydrogen) atoms. The van der Waals surface area contributed by atoms with Crippen molar-refractivity contribution in [2.45, 2.75) is 56.0 Å². The van der Waals surface area contributed by atoms with Crippen LogP contribution >= 0.6 is 0 Å². The van der Waals surface area contributed by atoms with Crippen LogP contribution in [-0.4, -0.2) is 50.9 Å². The average molecular weight is 405 g/mol. The second kappa shape index (κ2) is 9.03. The number of aryl methyl sites for hydroxylation is 1. The number of sulfonamides is 1. The molecule has 3 rings (SSSR count). The molecule has 152 valence electrons. The number of nitrogens with one attached hydrogen (secondary N) is 2. The lowest BCUT2D eigenvalue weighted by Crippen LogP contribution is -2.43. The Bertz CT molecular complexity index is 832. The Morgan fingerprint density at radius 2 is 2.00 bits per heavy atom. The molecule has 1 saturated heterocycles. The molecule has 1 aromatic rings. The molecule has 3 atom stereocenters. The highest BCUT2D eigenvalue weighted by molar-refractivity contribution is 7.89. The van der Waals surface area contributed by atoms with Crippen molar-refractivity contribution in [1.29, 1.82) is 5.26 Å². The van der Waals surface area contributed by atoms with Crippen molar-refractivity contribution in [1.82, 2.24) is 14.9 Å². The highest BCUT2D eigenvalue weighted by Crippen LogP contribution is 2.25. The highest BCUT2D eigenvalue weighted by atomic mass is 32.2. The van der Waals surface area contributed by atoms with Crippen LogP contribution in [0.4, 0.5) is 0 Å². The Labute approximate surface area is 167 Å². The average Bonchev–Trinajstić information content (AvgIpc) is 3.34. The van der Waals surface area contributed by atoms with Crippen molar-refractivity contribution in [2.24, 2.45) is 5.92 Å². The van der Waals surface area contributed by atoms with Crippen LogP contribution in [0.2, 0.25) is 0 Å². The molecule has 0 spiro atoms. The fourth-order valence-corrected chi connectivity index (χ4v) is 5.12. The number of amides is 1. The second-order valence-electron chi connectivity index (χ2n) is 7.80. The van der Waals surface area contributed by atoms with Gasteiger partial charge in [-0.25, -0.2) is 13.1 Å². The zero-order valence-electron chi connectivity index (χ0n) is 16.2. The molecule has 0 bridgehead atoms. The zero-order chi connectivity index (χ0) is 20.1. The summed E-state index contributed by atoms with van der Waals surface area (Å²) in [5.41, 5.74) is 1.02. The van der Waals surface area contributed by atoms with Crippen molar-refractivity contribution in [3.8, 4) is 6.07 Å². The van der Waals surface area contributed by atoms with Crippen molar-refractivity contribution >= 4 is 15.9 Å². The summed E-state index contributed by atoms with van der Waals surface area (Å²) in [6, 6.07) is 8.93. The molecular formula is C20H28N4O3S. The van der Waals surface area contributed by atoms with Gasteiger partial charge in [0.15, 0.2) is 0 Å². The molecule has 2 fully saturated rings. The van der Waals surface area contributed by atoms with Crippen LogP contribution in [0.25, 0.3) is 0 Å². The van der Waals surface area contributed by atoms with E-state index in [1.165, 1.54) is 0 Å². The van der Waals surface area contributed by atoms with Gasteiger partial charge in [-0.15, -0.1) is 0 Å². The van der Waals surface area contributed by atoms with E-state index in [0.29, 0.717) is 13.1 Å². The Kier molecular flexibility index (Phi) is 6.70. The van der Waals surface area contributed by atoms with Gasteiger partial charge in [0.2, 0.25) is 15.9 Å². The van der Waals surface area contributed by atoms with Gasteiger partial charge in [0, 0.05) is 19.1 Å². The van der Waals surface area contributed by atoms with E-state index in [9.17, 15) is 13.2 Å². The van der Waals surface area contributed by atoms with Crippen LogP contribution in [0, 0.1) is 24.2 Å². The van der Waals surface area contributed by atoms with E-state index in [0.717, 1.165) is 37.7 Å². The van der Waals surface area contributed by atoms with Crippen LogP contribution in [-0.2, 0) is 14.8 Å². The number of hydrogen-bond donors (Lipinski definition) is 2. The Morgan fingerprint density at radius 3 is 2.71 bits per heavy atom. The van der Waals surface area contributed by atoms with Crippen LogP contribution in [0.1, 0.15) is 37.7 Å². The van der Waals surface area contributed by atoms with Crippen molar-refractivity contribution in [3.63, 3.8) is 0 Å². The summed E-state index contributed by atoms with van der Waals surface area (Å²) in [4.78, 5) is 14.3. The van der Waals surface area contributed by atoms with E-state index in [2.05, 4.69) is 16.1 Å². The number of carbonyl (C=O) groups excluding carboxylic acids is 1. The molecule has 8 heteroatoms. The number of nitriles is 1. The number of nitrogens with zero attached hydrogens (tertiary/aromatic N) is 2. The number of hydrogen-bond acceptors (Lipinski definition) is 5. The Morgan fingerprint density at radius 1 is 1.25 bits per heavy atom. The topological polar surface area (TPSA) is 102 Å². The summed E-state index contributed by atoms with van der Waals surface area (Å²) in [6.07, 6.45) is 4.33. The summed E-state index contributed by atoms with van der Waals surface area (Å²) in [6.45, 7) is 3.23. The lowest BCUT2D eigenvalue weighted by atomic mass is 10.1. The molecule has 1 heterocycles. The molecule has 2 aliphatic rings. The van der Waals surface area contributed by atoms with Gasteiger partial charge in [-0.1, -0.05) is 17.7 Å². The maximum atomic E-state index is 12.4. The SMILES string of the molecule is Cc1ccc(S(=O)(=O)NC[C@H]2CC[C@@H](NCC(=O)N3CCC[C@H]3C#N)C2)cc1.